The summed E-state index contributed by atoms with van der Waals surface area (Å²) in [4.78, 5) is 73.3. The van der Waals surface area contributed by atoms with Gasteiger partial charge in [-0.3, -0.25) is 37.3 Å². The fourth-order valence-corrected chi connectivity index (χ4v) is 15.4. The molecule has 0 aliphatic rings. The summed E-state index contributed by atoms with van der Waals surface area (Å²) in [5.41, 5.74) is 0. The molecule has 0 saturated heterocycles. The van der Waals surface area contributed by atoms with Crippen molar-refractivity contribution in [2.24, 2.45) is 5.92 Å². The Morgan fingerprint density at radius 2 is 0.430 bits per heavy atom. The number of hydrogen-bond acceptors (Lipinski definition) is 15. The number of carbonyl (C=O) groups is 4. The molecule has 0 radical (unpaired) electrons. The van der Waals surface area contributed by atoms with Gasteiger partial charge in [-0.25, -0.2) is 9.13 Å². The Morgan fingerprint density at radius 1 is 0.252 bits per heavy atom. The molecule has 17 nitrogen and oxygen atoms in total. The van der Waals surface area contributed by atoms with Gasteiger partial charge in [-0.1, -0.05) is 426 Å². The van der Waals surface area contributed by atoms with Crippen LogP contribution in [0.25, 0.3) is 0 Å². The highest BCUT2D eigenvalue weighted by Crippen LogP contribution is 2.45. The van der Waals surface area contributed by atoms with Crippen molar-refractivity contribution < 1.29 is 80.2 Å². The van der Waals surface area contributed by atoms with Gasteiger partial charge in [-0.15, -0.1) is 0 Å². The first kappa shape index (κ1) is 105. The zero-order valence-corrected chi connectivity index (χ0v) is 72.1. The molecule has 0 rings (SSSR count). The highest BCUT2D eigenvalue weighted by molar-refractivity contribution is 7.47. The van der Waals surface area contributed by atoms with Crippen LogP contribution in [0.4, 0.5) is 0 Å². The average molecular weight is 1560 g/mol. The van der Waals surface area contributed by atoms with E-state index in [0.29, 0.717) is 25.7 Å². The maximum Gasteiger partial charge on any atom is 0.472 e. The quantitative estimate of drug-likeness (QED) is 0.0222. The van der Waals surface area contributed by atoms with Crippen LogP contribution < -0.4 is 0 Å². The molecule has 0 aromatic carbocycles. The zero-order valence-electron chi connectivity index (χ0n) is 70.3. The van der Waals surface area contributed by atoms with Gasteiger partial charge in [0, 0.05) is 25.7 Å². The Labute approximate surface area is 658 Å². The highest BCUT2D eigenvalue weighted by atomic mass is 31.2. The number of phosphoric ester groups is 2. The van der Waals surface area contributed by atoms with E-state index >= 15 is 0 Å². The van der Waals surface area contributed by atoms with Gasteiger partial charge in [0.15, 0.2) is 12.2 Å². The number of esters is 4. The molecule has 0 bridgehead atoms. The lowest BCUT2D eigenvalue weighted by atomic mass is 10.0. The van der Waals surface area contributed by atoms with Crippen LogP contribution in [-0.2, 0) is 65.4 Å². The van der Waals surface area contributed by atoms with E-state index in [4.69, 9.17) is 37.0 Å². The van der Waals surface area contributed by atoms with Crippen molar-refractivity contribution in [1.82, 2.24) is 0 Å². The number of phosphoric acid groups is 2. The van der Waals surface area contributed by atoms with E-state index in [2.05, 4.69) is 34.6 Å². The van der Waals surface area contributed by atoms with Crippen molar-refractivity contribution in [2.45, 2.75) is 496 Å². The van der Waals surface area contributed by atoms with Crippen LogP contribution in [0.3, 0.4) is 0 Å². The first-order valence-corrected chi connectivity index (χ1v) is 48.6. The lowest BCUT2D eigenvalue weighted by molar-refractivity contribution is -0.161. The molecule has 0 aliphatic heterocycles. The van der Waals surface area contributed by atoms with Gasteiger partial charge in [-0.05, 0) is 31.6 Å². The smallest absolute Gasteiger partial charge is 0.462 e. The maximum atomic E-state index is 13.2. The van der Waals surface area contributed by atoms with Gasteiger partial charge in [0.2, 0.25) is 0 Å². The van der Waals surface area contributed by atoms with Gasteiger partial charge in [-0.2, -0.15) is 0 Å². The van der Waals surface area contributed by atoms with Crippen LogP contribution in [0, 0.1) is 5.92 Å². The average Bonchev–Trinajstić information content (AvgIpc) is 0.907. The molecule has 0 saturated carbocycles. The number of rotatable bonds is 88. The highest BCUT2D eigenvalue weighted by Gasteiger charge is 2.30. The van der Waals surface area contributed by atoms with Crippen molar-refractivity contribution in [3.63, 3.8) is 0 Å². The molecule has 0 heterocycles. The van der Waals surface area contributed by atoms with Gasteiger partial charge >= 0.3 is 39.5 Å². The van der Waals surface area contributed by atoms with Crippen LogP contribution in [0.15, 0.2) is 0 Å². The molecule has 0 spiro atoms. The number of ether oxygens (including phenoxy) is 4. The van der Waals surface area contributed by atoms with E-state index in [1.807, 2.05) is 0 Å². The molecule has 5 atom stereocenters. The van der Waals surface area contributed by atoms with E-state index in [1.54, 1.807) is 0 Å². The predicted octanol–water partition coefficient (Wildman–Crippen LogP) is 27.2. The number of aliphatic hydroxyl groups excluding tert-OH is 1. The predicted molar refractivity (Wildman–Crippen MR) is 442 cm³/mol. The molecule has 107 heavy (non-hydrogen) atoms. The summed E-state index contributed by atoms with van der Waals surface area (Å²) in [6, 6.07) is 0. The number of aliphatic hydroxyl groups is 1. The van der Waals surface area contributed by atoms with Crippen molar-refractivity contribution >= 4 is 39.5 Å². The van der Waals surface area contributed by atoms with Gasteiger partial charge in [0.25, 0.3) is 0 Å². The van der Waals surface area contributed by atoms with Gasteiger partial charge in [0.05, 0.1) is 26.4 Å². The topological polar surface area (TPSA) is 237 Å². The van der Waals surface area contributed by atoms with Gasteiger partial charge in [0.1, 0.15) is 19.3 Å². The molecule has 636 valence electrons. The maximum absolute atomic E-state index is 13.2. The van der Waals surface area contributed by atoms with Crippen LogP contribution in [0.5, 0.6) is 0 Å². The Bertz CT molecular complexity index is 2030. The second-order valence-electron chi connectivity index (χ2n) is 32.1. The summed E-state index contributed by atoms with van der Waals surface area (Å²) >= 11 is 0. The molecule has 0 aliphatic carbocycles. The third-order valence-corrected chi connectivity index (χ3v) is 22.7. The zero-order chi connectivity index (χ0) is 78.3. The SMILES string of the molecule is CCCCCCCCCCCCCCCCCCCCCCCC(=O)O[C@H](COC(=O)CCCCCCCCCCCCCCCCCCCC)COP(=O)(O)OC[C@@H](O)COP(=O)(O)OC[C@@H](COC(=O)CCCCCCCCCCCCCCC)OC(=O)CCCCCCCCCCCCCCC(C)C. The third-order valence-electron chi connectivity index (χ3n) is 20.8. The molecule has 19 heteroatoms. The van der Waals surface area contributed by atoms with E-state index in [1.165, 1.54) is 302 Å². The van der Waals surface area contributed by atoms with E-state index in [-0.39, 0.29) is 25.7 Å². The second kappa shape index (κ2) is 80.7. The number of hydrogen-bond donors (Lipinski definition) is 3. The summed E-state index contributed by atoms with van der Waals surface area (Å²) in [6.45, 7) is 7.39. The van der Waals surface area contributed by atoms with Crippen LogP contribution >= 0.6 is 15.6 Å². The van der Waals surface area contributed by atoms with E-state index in [9.17, 15) is 43.2 Å². The van der Waals surface area contributed by atoms with Crippen LogP contribution in [0.2, 0.25) is 0 Å². The summed E-state index contributed by atoms with van der Waals surface area (Å²) in [5, 5.41) is 10.7. The minimum absolute atomic E-state index is 0.108. The first-order chi connectivity index (χ1) is 52.0. The summed E-state index contributed by atoms with van der Waals surface area (Å²) in [6.07, 6.45) is 75.0. The molecule has 0 aromatic heterocycles. The molecular formula is C88H172O17P2. The molecular weight excluding hydrogens is 1390 g/mol. The van der Waals surface area contributed by atoms with Crippen molar-refractivity contribution in [3.8, 4) is 0 Å². The largest absolute Gasteiger partial charge is 0.472 e. The third kappa shape index (κ3) is 81.9. The fraction of sp³-hybridized carbons (Fsp3) is 0.955. The van der Waals surface area contributed by atoms with Crippen molar-refractivity contribution in [3.05, 3.63) is 0 Å². The van der Waals surface area contributed by atoms with Crippen LogP contribution in [0.1, 0.15) is 478 Å². The molecule has 0 fully saturated rings. The number of carbonyl (C=O) groups excluding carboxylic acids is 4. The Morgan fingerprint density at radius 3 is 0.636 bits per heavy atom. The molecule has 2 unspecified atom stereocenters. The first-order valence-electron chi connectivity index (χ1n) is 45.6. The fourth-order valence-electron chi connectivity index (χ4n) is 13.8. The van der Waals surface area contributed by atoms with E-state index < -0.39 is 97.5 Å². The van der Waals surface area contributed by atoms with Crippen molar-refractivity contribution in [1.29, 1.82) is 0 Å². The normalized spacial score (nSPS) is 13.7. The Kier molecular flexibility index (Phi) is 79.2. The molecule has 0 aromatic rings. The van der Waals surface area contributed by atoms with Crippen molar-refractivity contribution in [2.75, 3.05) is 39.6 Å². The summed E-state index contributed by atoms with van der Waals surface area (Å²) in [7, 11) is -9.93. The standard InChI is InChI=1S/C88H172O17P2/c1-6-9-12-15-18-21-24-27-29-31-33-34-35-37-39-42-48-53-58-63-68-73-87(92)104-83(78-99-86(91)72-67-62-57-52-47-41-38-36-32-30-28-25-22-19-16-13-10-7-2)79-102-106(94,95)100-75-82(89)76-101-107(96,97)103-80-84(77-98-85(90)71-66-61-56-51-46-40-26-23-20-17-14-11-8-3)105-88(93)74-69-64-59-54-49-44-43-45-50-55-60-65-70-81(4)5/h81-84,89H,6-80H2,1-5H3,(H,94,95)(H,96,97)/t82-,83-,84-/m1/s1. The monoisotopic (exact) mass is 1560 g/mol. The minimum atomic E-state index is -4.97. The van der Waals surface area contributed by atoms with Gasteiger partial charge < -0.3 is 33.8 Å². The lowest BCUT2D eigenvalue weighted by Crippen LogP contribution is -2.30. The Balaban J connectivity index is 5.25. The molecule has 0 amide bonds. The van der Waals surface area contributed by atoms with E-state index in [0.717, 1.165) is 95.8 Å². The second-order valence-corrected chi connectivity index (χ2v) is 35.0. The van der Waals surface area contributed by atoms with Crippen LogP contribution in [-0.4, -0.2) is 96.7 Å². The summed E-state index contributed by atoms with van der Waals surface area (Å²) < 4.78 is 69.0. The number of unbranched alkanes of at least 4 members (excludes halogenated alkanes) is 60. The molecule has 3 N–H and O–H groups in total. The summed E-state index contributed by atoms with van der Waals surface area (Å²) in [5.74, 6) is -1.32. The Hall–Kier alpha value is -1.94. The minimum Gasteiger partial charge on any atom is -0.462 e. The lowest BCUT2D eigenvalue weighted by Gasteiger charge is -2.21.